The molecule has 82 valence electrons. The van der Waals surface area contributed by atoms with Gasteiger partial charge in [-0.25, -0.2) is 0 Å². The summed E-state index contributed by atoms with van der Waals surface area (Å²) in [5, 5.41) is 3.25. The van der Waals surface area contributed by atoms with Crippen molar-refractivity contribution in [3.63, 3.8) is 0 Å². The van der Waals surface area contributed by atoms with Crippen LogP contribution in [0.15, 0.2) is 18.2 Å². The number of nitrogen functional groups attached to an aromatic ring is 1. The Morgan fingerprint density at radius 1 is 1.53 bits per heavy atom. The number of carbonyl (C=O) groups excluding carboxylic acids is 1. The fraction of sp³-hybridized carbons (Fsp3) is 0.364. The van der Waals surface area contributed by atoms with E-state index in [9.17, 15) is 4.79 Å². The first-order chi connectivity index (χ1) is 7.04. The molecular formula is C11H17N3O. The maximum absolute atomic E-state index is 11.0. The van der Waals surface area contributed by atoms with Crippen LogP contribution in [0, 0.1) is 0 Å². The Hall–Kier alpha value is -1.71. The van der Waals surface area contributed by atoms with Crippen molar-refractivity contribution in [2.45, 2.75) is 26.3 Å². The average molecular weight is 207 g/mol. The highest BCUT2D eigenvalue weighted by molar-refractivity contribution is 5.98. The van der Waals surface area contributed by atoms with E-state index in [0.29, 0.717) is 17.3 Å². The van der Waals surface area contributed by atoms with Crippen molar-refractivity contribution in [1.29, 1.82) is 0 Å². The third-order valence-corrected chi connectivity index (χ3v) is 2.34. The van der Waals surface area contributed by atoms with Gasteiger partial charge in [0.15, 0.2) is 0 Å². The van der Waals surface area contributed by atoms with Gasteiger partial charge >= 0.3 is 0 Å². The van der Waals surface area contributed by atoms with Gasteiger partial charge in [-0.3, -0.25) is 4.79 Å². The first-order valence-corrected chi connectivity index (χ1v) is 5.00. The molecule has 4 nitrogen and oxygen atoms in total. The molecule has 0 aliphatic carbocycles. The van der Waals surface area contributed by atoms with Gasteiger partial charge in [-0.15, -0.1) is 0 Å². The number of hydrogen-bond acceptors (Lipinski definition) is 3. The molecule has 15 heavy (non-hydrogen) atoms. The summed E-state index contributed by atoms with van der Waals surface area (Å²) in [6.07, 6.45) is 1.01. The normalized spacial score (nSPS) is 12.1. The lowest BCUT2D eigenvalue weighted by Gasteiger charge is -2.14. The molecule has 0 bridgehead atoms. The van der Waals surface area contributed by atoms with E-state index >= 15 is 0 Å². The number of amides is 1. The minimum Gasteiger partial charge on any atom is -0.398 e. The molecule has 0 heterocycles. The minimum absolute atomic E-state index is 0.356. The van der Waals surface area contributed by atoms with Gasteiger partial charge in [-0.05, 0) is 31.5 Å². The summed E-state index contributed by atoms with van der Waals surface area (Å²) >= 11 is 0. The Morgan fingerprint density at radius 2 is 2.20 bits per heavy atom. The summed E-state index contributed by atoms with van der Waals surface area (Å²) in [7, 11) is 0. The van der Waals surface area contributed by atoms with Crippen molar-refractivity contribution in [3.05, 3.63) is 23.8 Å². The van der Waals surface area contributed by atoms with Gasteiger partial charge in [0.25, 0.3) is 5.91 Å². The zero-order chi connectivity index (χ0) is 11.4. The lowest BCUT2D eigenvalue weighted by Crippen LogP contribution is -2.16. The fourth-order valence-corrected chi connectivity index (χ4v) is 1.25. The Bertz CT molecular complexity index is 363. The number of hydrogen-bond donors (Lipinski definition) is 3. The van der Waals surface area contributed by atoms with Crippen LogP contribution in [-0.4, -0.2) is 11.9 Å². The Balaban J connectivity index is 2.92. The molecule has 0 spiro atoms. The molecular weight excluding hydrogens is 190 g/mol. The highest BCUT2D eigenvalue weighted by Gasteiger charge is 2.07. The number of benzene rings is 1. The first-order valence-electron chi connectivity index (χ1n) is 5.00. The largest absolute Gasteiger partial charge is 0.398 e. The highest BCUT2D eigenvalue weighted by Crippen LogP contribution is 2.18. The van der Waals surface area contributed by atoms with E-state index in [1.165, 1.54) is 0 Å². The van der Waals surface area contributed by atoms with Crippen LogP contribution in [0.2, 0.25) is 0 Å². The molecule has 1 unspecified atom stereocenters. The summed E-state index contributed by atoms with van der Waals surface area (Å²) in [4.78, 5) is 11.0. The standard InChI is InChI=1S/C11H17N3O/c1-3-7(2)14-8-4-5-10(12)9(6-8)11(13)15/h4-7,14H,3,12H2,1-2H3,(H2,13,15). The fourth-order valence-electron chi connectivity index (χ4n) is 1.25. The smallest absolute Gasteiger partial charge is 0.250 e. The third kappa shape index (κ3) is 2.87. The van der Waals surface area contributed by atoms with Crippen LogP contribution in [0.25, 0.3) is 0 Å². The van der Waals surface area contributed by atoms with Gasteiger partial charge in [0.1, 0.15) is 0 Å². The number of rotatable bonds is 4. The Morgan fingerprint density at radius 3 is 2.73 bits per heavy atom. The number of primary amides is 1. The van der Waals surface area contributed by atoms with Crippen LogP contribution in [0.3, 0.4) is 0 Å². The molecule has 0 aliphatic heterocycles. The lowest BCUT2D eigenvalue weighted by molar-refractivity contribution is 0.100. The lowest BCUT2D eigenvalue weighted by atomic mass is 10.1. The zero-order valence-corrected chi connectivity index (χ0v) is 9.08. The van der Waals surface area contributed by atoms with Crippen molar-refractivity contribution in [2.24, 2.45) is 5.73 Å². The second kappa shape index (κ2) is 4.68. The number of carbonyl (C=O) groups is 1. The van der Waals surface area contributed by atoms with E-state index in [1.54, 1.807) is 12.1 Å². The minimum atomic E-state index is -0.500. The summed E-state index contributed by atoms with van der Waals surface area (Å²) < 4.78 is 0. The van der Waals surface area contributed by atoms with Crippen molar-refractivity contribution in [2.75, 3.05) is 11.1 Å². The van der Waals surface area contributed by atoms with Crippen LogP contribution in [0.5, 0.6) is 0 Å². The molecule has 1 aromatic carbocycles. The van der Waals surface area contributed by atoms with Gasteiger partial charge in [0, 0.05) is 17.4 Å². The van der Waals surface area contributed by atoms with Gasteiger partial charge in [-0.2, -0.15) is 0 Å². The van der Waals surface area contributed by atoms with E-state index in [1.807, 2.05) is 6.07 Å². The van der Waals surface area contributed by atoms with E-state index in [2.05, 4.69) is 19.2 Å². The van der Waals surface area contributed by atoms with Gasteiger partial charge < -0.3 is 16.8 Å². The molecule has 0 aromatic heterocycles. The quantitative estimate of drug-likeness (QED) is 0.655. The second-order valence-electron chi connectivity index (χ2n) is 3.62. The third-order valence-electron chi connectivity index (χ3n) is 2.34. The van der Waals surface area contributed by atoms with Crippen molar-refractivity contribution in [1.82, 2.24) is 0 Å². The Labute approximate surface area is 89.6 Å². The molecule has 1 atom stereocenters. The van der Waals surface area contributed by atoms with Gasteiger partial charge in [0.2, 0.25) is 0 Å². The molecule has 5 N–H and O–H groups in total. The predicted octanol–water partition coefficient (Wildman–Crippen LogP) is 1.58. The van der Waals surface area contributed by atoms with Crippen LogP contribution in [0.4, 0.5) is 11.4 Å². The van der Waals surface area contributed by atoms with Crippen LogP contribution >= 0.6 is 0 Å². The summed E-state index contributed by atoms with van der Waals surface area (Å²) in [6.45, 7) is 4.16. The second-order valence-corrected chi connectivity index (χ2v) is 3.62. The van der Waals surface area contributed by atoms with E-state index in [4.69, 9.17) is 11.5 Å². The summed E-state index contributed by atoms with van der Waals surface area (Å²) in [5.41, 5.74) is 12.5. The monoisotopic (exact) mass is 207 g/mol. The molecule has 1 rings (SSSR count). The number of anilines is 2. The molecule has 1 amide bonds. The topological polar surface area (TPSA) is 81.1 Å². The van der Waals surface area contributed by atoms with E-state index in [0.717, 1.165) is 12.1 Å². The van der Waals surface area contributed by atoms with Crippen molar-refractivity contribution >= 4 is 17.3 Å². The number of nitrogens with two attached hydrogens (primary N) is 2. The van der Waals surface area contributed by atoms with Gasteiger partial charge in [-0.1, -0.05) is 6.92 Å². The summed E-state index contributed by atoms with van der Waals surface area (Å²) in [6, 6.07) is 5.57. The average Bonchev–Trinajstić information content (AvgIpc) is 2.20. The zero-order valence-electron chi connectivity index (χ0n) is 9.08. The van der Waals surface area contributed by atoms with Crippen LogP contribution in [-0.2, 0) is 0 Å². The molecule has 0 aliphatic rings. The van der Waals surface area contributed by atoms with Crippen LogP contribution in [0.1, 0.15) is 30.6 Å². The summed E-state index contributed by atoms with van der Waals surface area (Å²) in [5.74, 6) is -0.500. The molecule has 1 aromatic rings. The van der Waals surface area contributed by atoms with Crippen molar-refractivity contribution < 1.29 is 4.79 Å². The van der Waals surface area contributed by atoms with E-state index in [-0.39, 0.29) is 0 Å². The molecule has 0 saturated heterocycles. The molecule has 0 saturated carbocycles. The SMILES string of the molecule is CCC(C)Nc1ccc(N)c(C(N)=O)c1. The predicted molar refractivity (Wildman–Crippen MR) is 62.7 cm³/mol. The highest BCUT2D eigenvalue weighted by atomic mass is 16.1. The van der Waals surface area contributed by atoms with Crippen LogP contribution < -0.4 is 16.8 Å². The van der Waals surface area contributed by atoms with Crippen molar-refractivity contribution in [3.8, 4) is 0 Å². The van der Waals surface area contributed by atoms with E-state index < -0.39 is 5.91 Å². The molecule has 4 heteroatoms. The first kappa shape index (κ1) is 11.4. The number of nitrogens with one attached hydrogen (secondary N) is 1. The molecule has 0 radical (unpaired) electrons. The molecule has 0 fully saturated rings. The maximum atomic E-state index is 11.0. The maximum Gasteiger partial charge on any atom is 0.250 e. The Kier molecular flexibility index (Phi) is 3.55. The van der Waals surface area contributed by atoms with Gasteiger partial charge in [0.05, 0.1) is 5.56 Å².